The molecule has 0 aromatic rings. The summed E-state index contributed by atoms with van der Waals surface area (Å²) in [6.45, 7) is 5.81. The lowest BCUT2D eigenvalue weighted by molar-refractivity contribution is -0.315. The monoisotopic (exact) mass is 332 g/mol. The molecule has 4 unspecified atom stereocenters. The fraction of sp³-hybridized carbons (Fsp3) is 1.00. The van der Waals surface area contributed by atoms with Crippen LogP contribution in [-0.4, -0.2) is 75.1 Å². The number of hydrogen-bond donors (Lipinski definition) is 5. The molecule has 9 atom stereocenters. The van der Waals surface area contributed by atoms with Crippen LogP contribution in [-0.2, 0) is 9.47 Å². The lowest BCUT2D eigenvalue weighted by Gasteiger charge is -2.42. The van der Waals surface area contributed by atoms with E-state index in [1.165, 1.54) is 0 Å². The number of aliphatic hydroxyl groups excluding tert-OH is 5. The molecule has 7 nitrogen and oxygen atoms in total. The summed E-state index contributed by atoms with van der Waals surface area (Å²) in [4.78, 5) is 0. The Morgan fingerprint density at radius 2 is 1.70 bits per heavy atom. The van der Waals surface area contributed by atoms with Gasteiger partial charge in [0.1, 0.15) is 24.4 Å². The molecule has 3 aliphatic rings. The van der Waals surface area contributed by atoms with Gasteiger partial charge in [-0.15, -0.1) is 0 Å². The molecular weight excluding hydrogens is 304 g/mol. The summed E-state index contributed by atoms with van der Waals surface area (Å²) >= 11 is 0. The van der Waals surface area contributed by atoms with Crippen molar-refractivity contribution in [3.8, 4) is 0 Å². The Bertz CT molecular complexity index is 454. The molecule has 0 aromatic carbocycles. The van der Waals surface area contributed by atoms with Crippen molar-refractivity contribution in [2.24, 2.45) is 16.7 Å². The molecular formula is C16H28O7. The van der Waals surface area contributed by atoms with E-state index < -0.39 is 37.3 Å². The Morgan fingerprint density at radius 3 is 2.17 bits per heavy atom. The zero-order valence-corrected chi connectivity index (χ0v) is 13.8. The van der Waals surface area contributed by atoms with Gasteiger partial charge in [-0.3, -0.25) is 0 Å². The van der Waals surface area contributed by atoms with Gasteiger partial charge in [0, 0.05) is 5.41 Å². The van der Waals surface area contributed by atoms with Gasteiger partial charge in [0.05, 0.1) is 18.8 Å². The number of rotatable bonds is 3. The fourth-order valence-electron chi connectivity index (χ4n) is 4.72. The first-order chi connectivity index (χ1) is 10.6. The second-order valence-corrected chi connectivity index (χ2v) is 8.07. The second-order valence-electron chi connectivity index (χ2n) is 8.07. The summed E-state index contributed by atoms with van der Waals surface area (Å²) in [5.74, 6) is 0.120. The van der Waals surface area contributed by atoms with Crippen molar-refractivity contribution in [1.82, 2.24) is 0 Å². The molecule has 3 fully saturated rings. The van der Waals surface area contributed by atoms with E-state index in [-0.39, 0.29) is 29.0 Å². The number of hydrogen-bond acceptors (Lipinski definition) is 7. The van der Waals surface area contributed by atoms with Crippen molar-refractivity contribution in [3.63, 3.8) is 0 Å². The average molecular weight is 332 g/mol. The van der Waals surface area contributed by atoms with Gasteiger partial charge in [-0.25, -0.2) is 0 Å². The molecule has 1 saturated heterocycles. The smallest absolute Gasteiger partial charge is 0.186 e. The van der Waals surface area contributed by atoms with Crippen LogP contribution in [0.3, 0.4) is 0 Å². The number of ether oxygens (including phenoxy) is 2. The summed E-state index contributed by atoms with van der Waals surface area (Å²) < 4.78 is 11.4. The van der Waals surface area contributed by atoms with Gasteiger partial charge in [0.25, 0.3) is 0 Å². The zero-order valence-electron chi connectivity index (χ0n) is 13.8. The minimum absolute atomic E-state index is 0.106. The highest BCUT2D eigenvalue weighted by Crippen LogP contribution is 2.66. The molecule has 0 spiro atoms. The van der Waals surface area contributed by atoms with Crippen LogP contribution >= 0.6 is 0 Å². The second kappa shape index (κ2) is 5.62. The normalized spacial score (nSPS) is 55.3. The summed E-state index contributed by atoms with van der Waals surface area (Å²) in [6.07, 6.45) is -5.58. The van der Waals surface area contributed by atoms with Crippen molar-refractivity contribution in [2.45, 2.75) is 76.5 Å². The van der Waals surface area contributed by atoms with Crippen molar-refractivity contribution in [2.75, 3.05) is 6.61 Å². The molecule has 2 saturated carbocycles. The molecule has 0 aromatic heterocycles. The zero-order chi connectivity index (χ0) is 17.2. The van der Waals surface area contributed by atoms with Crippen molar-refractivity contribution < 1.29 is 35.0 Å². The van der Waals surface area contributed by atoms with Crippen LogP contribution in [0.15, 0.2) is 0 Å². The van der Waals surface area contributed by atoms with Gasteiger partial charge in [0.2, 0.25) is 0 Å². The molecule has 134 valence electrons. The predicted octanol–water partition coefficient (Wildman–Crippen LogP) is -1.01. The summed E-state index contributed by atoms with van der Waals surface area (Å²) in [5, 5.41) is 49.3. The maximum Gasteiger partial charge on any atom is 0.186 e. The molecule has 2 aliphatic carbocycles. The van der Waals surface area contributed by atoms with Crippen molar-refractivity contribution in [3.05, 3.63) is 0 Å². The van der Waals surface area contributed by atoms with E-state index in [9.17, 15) is 25.5 Å². The third kappa shape index (κ3) is 2.37. The van der Waals surface area contributed by atoms with Crippen LogP contribution in [0, 0.1) is 16.7 Å². The van der Waals surface area contributed by atoms with Crippen LogP contribution < -0.4 is 0 Å². The SMILES string of the molecule is CC1(C)C2CC(O)C1(C)CC2O[C@@H]1O[C@H](CO)[C@@H](O)[C@H](O)[C@H]1O. The number of aliphatic hydroxyl groups is 5. The highest BCUT2D eigenvalue weighted by Gasteiger charge is 2.66. The highest BCUT2D eigenvalue weighted by molar-refractivity contribution is 5.14. The third-order valence-corrected chi connectivity index (χ3v) is 6.84. The predicted molar refractivity (Wildman–Crippen MR) is 79.3 cm³/mol. The van der Waals surface area contributed by atoms with E-state index >= 15 is 0 Å². The van der Waals surface area contributed by atoms with Crippen LogP contribution in [0.25, 0.3) is 0 Å². The molecule has 0 radical (unpaired) electrons. The molecule has 0 amide bonds. The van der Waals surface area contributed by atoms with Gasteiger partial charge in [0.15, 0.2) is 6.29 Å². The summed E-state index contributed by atoms with van der Waals surface area (Å²) in [5.41, 5.74) is -0.373. The van der Waals surface area contributed by atoms with E-state index in [1.54, 1.807) is 0 Å². The van der Waals surface area contributed by atoms with Gasteiger partial charge >= 0.3 is 0 Å². The Hall–Kier alpha value is -0.280. The third-order valence-electron chi connectivity index (χ3n) is 6.84. The Morgan fingerprint density at radius 1 is 1.04 bits per heavy atom. The highest BCUT2D eigenvalue weighted by atomic mass is 16.7. The molecule has 23 heavy (non-hydrogen) atoms. The van der Waals surface area contributed by atoms with Gasteiger partial charge in [-0.2, -0.15) is 0 Å². The van der Waals surface area contributed by atoms with Crippen LogP contribution in [0.1, 0.15) is 33.6 Å². The van der Waals surface area contributed by atoms with Crippen molar-refractivity contribution in [1.29, 1.82) is 0 Å². The lowest BCUT2D eigenvalue weighted by Crippen LogP contribution is -2.60. The fourth-order valence-corrected chi connectivity index (χ4v) is 4.72. The maximum atomic E-state index is 10.3. The van der Waals surface area contributed by atoms with Crippen LogP contribution in [0.2, 0.25) is 0 Å². The van der Waals surface area contributed by atoms with E-state index in [0.29, 0.717) is 12.8 Å². The van der Waals surface area contributed by atoms with Crippen LogP contribution in [0.4, 0.5) is 0 Å². The largest absolute Gasteiger partial charge is 0.394 e. The standard InChI is InChI=1S/C16H28O7/c1-15(2)7-4-10(18)16(15,3)5-8(7)22-14-13(21)12(20)11(19)9(6-17)23-14/h7-14,17-21H,4-6H2,1-3H3/t7?,8?,9-,10?,11-,12+,13-,14-,16?/m1/s1. The molecule has 3 rings (SSSR count). The van der Waals surface area contributed by atoms with Crippen LogP contribution in [0.5, 0.6) is 0 Å². The van der Waals surface area contributed by atoms with E-state index in [1.807, 2.05) is 6.92 Å². The van der Waals surface area contributed by atoms with Crippen molar-refractivity contribution >= 4 is 0 Å². The molecule has 1 aliphatic heterocycles. The molecule has 2 bridgehead atoms. The van der Waals surface area contributed by atoms with Gasteiger partial charge < -0.3 is 35.0 Å². The average Bonchev–Trinajstić information content (AvgIpc) is 2.78. The van der Waals surface area contributed by atoms with E-state index in [2.05, 4.69) is 13.8 Å². The minimum Gasteiger partial charge on any atom is -0.394 e. The quantitative estimate of drug-likeness (QED) is 0.449. The Kier molecular flexibility index (Phi) is 4.29. The molecule has 5 N–H and O–H groups in total. The maximum absolute atomic E-state index is 10.3. The Balaban J connectivity index is 1.73. The first-order valence-electron chi connectivity index (χ1n) is 8.27. The number of fused-ring (bicyclic) bond motifs is 2. The first-order valence-corrected chi connectivity index (χ1v) is 8.27. The Labute approximate surface area is 135 Å². The lowest BCUT2D eigenvalue weighted by atomic mass is 9.70. The summed E-state index contributed by atoms with van der Waals surface area (Å²) in [7, 11) is 0. The van der Waals surface area contributed by atoms with E-state index in [4.69, 9.17) is 9.47 Å². The molecule has 7 heteroatoms. The topological polar surface area (TPSA) is 120 Å². The van der Waals surface area contributed by atoms with Gasteiger partial charge in [-0.05, 0) is 24.2 Å². The summed E-state index contributed by atoms with van der Waals surface area (Å²) in [6, 6.07) is 0. The van der Waals surface area contributed by atoms with Gasteiger partial charge in [-0.1, -0.05) is 20.8 Å². The first kappa shape index (κ1) is 17.5. The minimum atomic E-state index is -1.43. The van der Waals surface area contributed by atoms with E-state index in [0.717, 1.165) is 0 Å². The molecule has 1 heterocycles.